The number of rotatable bonds is 3. The molecule has 0 N–H and O–H groups in total. The second kappa shape index (κ2) is 6.03. The Balaban J connectivity index is 1.79. The van der Waals surface area contributed by atoms with Gasteiger partial charge in [-0.2, -0.15) is 4.98 Å². The molecule has 1 aliphatic heterocycles. The molecule has 6 nitrogen and oxygen atoms in total. The number of aromatic nitrogens is 3. The van der Waals surface area contributed by atoms with Gasteiger partial charge in [0, 0.05) is 18.2 Å². The number of hydrogen-bond acceptors (Lipinski definition) is 6. The molecular weight excluding hydrogens is 330 g/mol. The van der Waals surface area contributed by atoms with E-state index < -0.39 is 0 Å². The number of aryl methyl sites for hydroxylation is 1. The van der Waals surface area contributed by atoms with Gasteiger partial charge in [0.15, 0.2) is 12.1 Å². The normalized spacial score (nSPS) is 17.1. The first-order valence-electron chi connectivity index (χ1n) is 7.77. The third-order valence-electron chi connectivity index (χ3n) is 4.54. The van der Waals surface area contributed by atoms with Gasteiger partial charge in [0.25, 0.3) is 0 Å². The molecule has 0 atom stereocenters. The van der Waals surface area contributed by atoms with Gasteiger partial charge < -0.3 is 13.7 Å². The van der Waals surface area contributed by atoms with E-state index in [4.69, 9.17) is 25.3 Å². The molecule has 1 fully saturated rings. The van der Waals surface area contributed by atoms with Gasteiger partial charge in [-0.05, 0) is 37.5 Å². The van der Waals surface area contributed by atoms with Crippen LogP contribution in [0.15, 0.2) is 39.6 Å². The van der Waals surface area contributed by atoms with E-state index in [-0.39, 0.29) is 5.41 Å². The average molecular weight is 346 g/mol. The molecule has 1 saturated heterocycles. The van der Waals surface area contributed by atoms with Crippen LogP contribution in [0.2, 0.25) is 5.02 Å². The van der Waals surface area contributed by atoms with E-state index >= 15 is 0 Å². The maximum atomic E-state index is 6.04. The van der Waals surface area contributed by atoms with E-state index in [1.165, 1.54) is 6.39 Å². The molecule has 0 saturated carbocycles. The molecule has 124 valence electrons. The summed E-state index contributed by atoms with van der Waals surface area (Å²) in [5, 5.41) is 4.81. The highest BCUT2D eigenvalue weighted by Gasteiger charge is 2.41. The van der Waals surface area contributed by atoms with Gasteiger partial charge in [-0.1, -0.05) is 28.9 Å². The van der Waals surface area contributed by atoms with Gasteiger partial charge >= 0.3 is 0 Å². The summed E-state index contributed by atoms with van der Waals surface area (Å²) in [5.41, 5.74) is 1.33. The van der Waals surface area contributed by atoms with E-state index in [9.17, 15) is 0 Å². The zero-order valence-electron chi connectivity index (χ0n) is 13.2. The van der Waals surface area contributed by atoms with Crippen molar-refractivity contribution in [2.24, 2.45) is 0 Å². The van der Waals surface area contributed by atoms with Crippen LogP contribution >= 0.6 is 11.6 Å². The standard InChI is InChI=1S/C17H16ClN3O3/c1-11-14(19-10-23-11)15-20-16(24-21-15)17(6-8-22-9-7-17)12-2-4-13(18)5-3-12/h2-5,10H,6-9H2,1H3. The first kappa shape index (κ1) is 15.4. The van der Waals surface area contributed by atoms with Crippen LogP contribution < -0.4 is 0 Å². The van der Waals surface area contributed by atoms with Crippen molar-refractivity contribution in [2.45, 2.75) is 25.2 Å². The van der Waals surface area contributed by atoms with E-state index in [1.54, 1.807) is 0 Å². The molecule has 1 aromatic carbocycles. The Morgan fingerprint density at radius 2 is 1.88 bits per heavy atom. The Kier molecular flexibility index (Phi) is 3.86. The number of benzene rings is 1. The van der Waals surface area contributed by atoms with Crippen molar-refractivity contribution in [1.29, 1.82) is 0 Å². The summed E-state index contributed by atoms with van der Waals surface area (Å²) >= 11 is 6.04. The van der Waals surface area contributed by atoms with Crippen molar-refractivity contribution in [3.05, 3.63) is 52.9 Å². The van der Waals surface area contributed by atoms with Crippen molar-refractivity contribution >= 4 is 11.6 Å². The van der Waals surface area contributed by atoms with Crippen LogP contribution in [0.5, 0.6) is 0 Å². The van der Waals surface area contributed by atoms with Crippen LogP contribution in [-0.4, -0.2) is 28.3 Å². The lowest BCUT2D eigenvalue weighted by atomic mass is 9.74. The highest BCUT2D eigenvalue weighted by Crippen LogP contribution is 2.41. The summed E-state index contributed by atoms with van der Waals surface area (Å²) in [5.74, 6) is 1.68. The largest absolute Gasteiger partial charge is 0.448 e. The van der Waals surface area contributed by atoms with E-state index in [2.05, 4.69) is 15.1 Å². The molecule has 1 aliphatic rings. The summed E-state index contributed by atoms with van der Waals surface area (Å²) in [6.45, 7) is 3.11. The predicted octanol–water partition coefficient (Wildman–Crippen LogP) is 3.78. The smallest absolute Gasteiger partial charge is 0.237 e. The Labute approximate surface area is 143 Å². The maximum Gasteiger partial charge on any atom is 0.237 e. The summed E-state index contributed by atoms with van der Waals surface area (Å²) in [4.78, 5) is 8.78. The molecule has 0 aliphatic carbocycles. The van der Waals surface area contributed by atoms with Crippen LogP contribution in [-0.2, 0) is 10.2 Å². The van der Waals surface area contributed by atoms with Crippen molar-refractivity contribution in [3.8, 4) is 11.5 Å². The lowest BCUT2D eigenvalue weighted by molar-refractivity contribution is 0.0523. The minimum Gasteiger partial charge on any atom is -0.448 e. The number of halogens is 1. The lowest BCUT2D eigenvalue weighted by Gasteiger charge is -2.34. The molecule has 7 heteroatoms. The number of ether oxygens (including phenoxy) is 1. The number of nitrogens with zero attached hydrogens (tertiary/aromatic N) is 3. The first-order chi connectivity index (χ1) is 11.7. The van der Waals surface area contributed by atoms with Gasteiger partial charge in [-0.15, -0.1) is 0 Å². The fourth-order valence-electron chi connectivity index (χ4n) is 3.15. The molecule has 0 radical (unpaired) electrons. The SMILES string of the molecule is Cc1ocnc1-c1noc(C2(c3ccc(Cl)cc3)CCOCC2)n1. The molecule has 24 heavy (non-hydrogen) atoms. The quantitative estimate of drug-likeness (QED) is 0.719. The molecule has 0 amide bonds. The van der Waals surface area contributed by atoms with Crippen LogP contribution in [0.1, 0.15) is 30.1 Å². The van der Waals surface area contributed by atoms with Crippen LogP contribution in [0.25, 0.3) is 11.5 Å². The van der Waals surface area contributed by atoms with Crippen LogP contribution in [0.3, 0.4) is 0 Å². The highest BCUT2D eigenvalue weighted by atomic mass is 35.5. The Hall–Kier alpha value is -2.18. The monoisotopic (exact) mass is 345 g/mol. The molecule has 0 bridgehead atoms. The molecule has 0 unspecified atom stereocenters. The predicted molar refractivity (Wildman–Crippen MR) is 86.8 cm³/mol. The summed E-state index contributed by atoms with van der Waals surface area (Å²) < 4.78 is 16.4. The summed E-state index contributed by atoms with van der Waals surface area (Å²) in [6.07, 6.45) is 2.92. The minimum atomic E-state index is -0.369. The molecular formula is C17H16ClN3O3. The number of oxazole rings is 1. The number of hydrogen-bond donors (Lipinski definition) is 0. The van der Waals surface area contributed by atoms with E-state index in [0.29, 0.717) is 41.4 Å². The van der Waals surface area contributed by atoms with Gasteiger partial charge in [-0.3, -0.25) is 0 Å². The average Bonchev–Trinajstić information content (AvgIpc) is 3.25. The van der Waals surface area contributed by atoms with E-state index in [0.717, 1.165) is 18.4 Å². The van der Waals surface area contributed by atoms with Gasteiger partial charge in [-0.25, -0.2) is 4.98 Å². The molecule has 4 rings (SSSR count). The second-order valence-electron chi connectivity index (χ2n) is 5.88. The molecule has 3 aromatic rings. The second-order valence-corrected chi connectivity index (χ2v) is 6.32. The molecule has 0 spiro atoms. The zero-order valence-corrected chi connectivity index (χ0v) is 13.9. The Morgan fingerprint density at radius 1 is 1.12 bits per heavy atom. The Morgan fingerprint density at radius 3 is 2.54 bits per heavy atom. The van der Waals surface area contributed by atoms with Crippen molar-refractivity contribution in [2.75, 3.05) is 13.2 Å². The van der Waals surface area contributed by atoms with E-state index in [1.807, 2.05) is 31.2 Å². The van der Waals surface area contributed by atoms with Gasteiger partial charge in [0.1, 0.15) is 5.76 Å². The fraction of sp³-hybridized carbons (Fsp3) is 0.353. The minimum absolute atomic E-state index is 0.369. The maximum absolute atomic E-state index is 6.04. The van der Waals surface area contributed by atoms with Crippen molar-refractivity contribution in [3.63, 3.8) is 0 Å². The molecule has 3 heterocycles. The molecule has 2 aromatic heterocycles. The van der Waals surface area contributed by atoms with Gasteiger partial charge in [0.2, 0.25) is 11.7 Å². The Bertz CT molecular complexity index is 835. The highest BCUT2D eigenvalue weighted by molar-refractivity contribution is 6.30. The van der Waals surface area contributed by atoms with Crippen LogP contribution in [0.4, 0.5) is 0 Å². The van der Waals surface area contributed by atoms with Crippen LogP contribution in [0, 0.1) is 6.92 Å². The summed E-state index contributed by atoms with van der Waals surface area (Å²) in [7, 11) is 0. The van der Waals surface area contributed by atoms with Crippen molar-refractivity contribution in [1.82, 2.24) is 15.1 Å². The third-order valence-corrected chi connectivity index (χ3v) is 4.79. The third kappa shape index (κ3) is 2.52. The van der Waals surface area contributed by atoms with Crippen molar-refractivity contribution < 1.29 is 13.7 Å². The summed E-state index contributed by atoms with van der Waals surface area (Å²) in [6, 6.07) is 7.79. The lowest BCUT2D eigenvalue weighted by Crippen LogP contribution is -2.35. The first-order valence-corrected chi connectivity index (χ1v) is 8.15. The zero-order chi connectivity index (χ0) is 16.6. The topological polar surface area (TPSA) is 74.2 Å². The fourth-order valence-corrected chi connectivity index (χ4v) is 3.27. The van der Waals surface area contributed by atoms with Gasteiger partial charge in [0.05, 0.1) is 5.41 Å².